The van der Waals surface area contributed by atoms with Gasteiger partial charge in [-0.3, -0.25) is 9.36 Å². The fraction of sp³-hybridized carbons (Fsp3) is 0.158. The van der Waals surface area contributed by atoms with Crippen LogP contribution in [0.15, 0.2) is 63.7 Å². The summed E-state index contributed by atoms with van der Waals surface area (Å²) in [6, 6.07) is 13.4. The van der Waals surface area contributed by atoms with E-state index in [1.165, 1.54) is 23.1 Å². The van der Waals surface area contributed by atoms with Crippen molar-refractivity contribution in [3.8, 4) is 17.3 Å². The number of nitrogens with one attached hydrogen (secondary N) is 1. The van der Waals surface area contributed by atoms with Gasteiger partial charge in [-0.1, -0.05) is 30.0 Å². The number of carbonyl (C=O) groups excluding carboxylic acids is 1. The molecule has 4 aromatic rings. The third-order valence-corrected chi connectivity index (χ3v) is 5.81. The molecule has 1 N–H and O–H groups in total. The van der Waals surface area contributed by atoms with Crippen LogP contribution in [0.2, 0.25) is 0 Å². The molecule has 0 saturated heterocycles. The van der Waals surface area contributed by atoms with Crippen molar-refractivity contribution in [3.05, 3.63) is 59.8 Å². The van der Waals surface area contributed by atoms with E-state index in [9.17, 15) is 4.79 Å². The Bertz CT molecular complexity index is 1070. The lowest BCUT2D eigenvalue weighted by Gasteiger charge is -2.12. The van der Waals surface area contributed by atoms with Crippen LogP contribution in [0.1, 0.15) is 12.6 Å². The van der Waals surface area contributed by atoms with Crippen molar-refractivity contribution in [2.45, 2.75) is 24.3 Å². The number of carbonyl (C=O) groups is 1. The van der Waals surface area contributed by atoms with Crippen LogP contribution in [0.25, 0.3) is 17.3 Å². The van der Waals surface area contributed by atoms with Gasteiger partial charge in [-0.25, -0.2) is 4.98 Å². The average Bonchev–Trinajstić information content (AvgIpc) is 3.43. The van der Waals surface area contributed by atoms with Gasteiger partial charge in [0.2, 0.25) is 11.7 Å². The van der Waals surface area contributed by atoms with E-state index in [1.54, 1.807) is 12.3 Å². The highest BCUT2D eigenvalue weighted by atomic mass is 32.2. The summed E-state index contributed by atoms with van der Waals surface area (Å²) in [7, 11) is 0. The van der Waals surface area contributed by atoms with Crippen LogP contribution < -0.4 is 5.32 Å². The van der Waals surface area contributed by atoms with Crippen molar-refractivity contribution in [1.29, 1.82) is 0 Å². The number of thiazole rings is 1. The van der Waals surface area contributed by atoms with Crippen LogP contribution in [-0.4, -0.2) is 30.9 Å². The SMILES string of the molecule is Cc1csc(NC(=O)[C@@H](C)Sc2nnc(-c3ccco3)n2-c2ccccc2)n1. The van der Waals surface area contributed by atoms with Crippen molar-refractivity contribution >= 4 is 34.1 Å². The van der Waals surface area contributed by atoms with E-state index < -0.39 is 0 Å². The molecule has 3 aromatic heterocycles. The molecular weight excluding hydrogens is 394 g/mol. The van der Waals surface area contributed by atoms with Crippen molar-refractivity contribution in [2.24, 2.45) is 0 Å². The summed E-state index contributed by atoms with van der Waals surface area (Å²) in [5.41, 5.74) is 1.78. The molecule has 28 heavy (non-hydrogen) atoms. The predicted octanol–water partition coefficient (Wildman–Crippen LogP) is 4.41. The van der Waals surface area contributed by atoms with Crippen LogP contribution in [0.5, 0.6) is 0 Å². The Morgan fingerprint density at radius 3 is 2.71 bits per heavy atom. The third kappa shape index (κ3) is 3.85. The lowest BCUT2D eigenvalue weighted by Crippen LogP contribution is -2.22. The first kappa shape index (κ1) is 18.5. The number of amides is 1. The molecule has 4 rings (SSSR count). The third-order valence-electron chi connectivity index (χ3n) is 3.89. The van der Waals surface area contributed by atoms with E-state index in [4.69, 9.17) is 4.42 Å². The molecule has 1 atom stereocenters. The summed E-state index contributed by atoms with van der Waals surface area (Å²) in [6.45, 7) is 3.72. The van der Waals surface area contributed by atoms with Crippen LogP contribution in [0.3, 0.4) is 0 Å². The van der Waals surface area contributed by atoms with Crippen molar-refractivity contribution in [1.82, 2.24) is 19.7 Å². The number of furan rings is 1. The summed E-state index contributed by atoms with van der Waals surface area (Å²) in [5, 5.41) is 14.2. The number of hydrogen-bond donors (Lipinski definition) is 1. The standard InChI is InChI=1S/C19H17N5O2S2/c1-12-11-27-18(20-12)21-17(25)13(2)28-19-23-22-16(15-9-6-10-26-15)24(19)14-7-4-3-5-8-14/h3-11,13H,1-2H3,(H,20,21,25)/t13-/m1/s1. The molecule has 0 aliphatic carbocycles. The maximum Gasteiger partial charge on any atom is 0.239 e. The number of para-hydroxylation sites is 1. The summed E-state index contributed by atoms with van der Waals surface area (Å²) in [5.74, 6) is 1.06. The van der Waals surface area contributed by atoms with Crippen LogP contribution in [-0.2, 0) is 4.79 Å². The molecule has 0 fully saturated rings. The first-order valence-electron chi connectivity index (χ1n) is 8.56. The van der Waals surface area contributed by atoms with Gasteiger partial charge < -0.3 is 9.73 Å². The second-order valence-electron chi connectivity index (χ2n) is 6.00. The van der Waals surface area contributed by atoms with E-state index in [-0.39, 0.29) is 11.2 Å². The number of nitrogens with zero attached hydrogens (tertiary/aromatic N) is 4. The Morgan fingerprint density at radius 2 is 2.04 bits per heavy atom. The van der Waals surface area contributed by atoms with Crippen LogP contribution in [0.4, 0.5) is 5.13 Å². The fourth-order valence-corrected chi connectivity index (χ4v) is 4.11. The Hall–Kier alpha value is -2.91. The van der Waals surface area contributed by atoms with Gasteiger partial charge in [-0.15, -0.1) is 21.5 Å². The summed E-state index contributed by atoms with van der Waals surface area (Å²) in [4.78, 5) is 16.8. The maximum atomic E-state index is 12.6. The largest absolute Gasteiger partial charge is 0.461 e. The van der Waals surface area contributed by atoms with Crippen molar-refractivity contribution in [3.63, 3.8) is 0 Å². The monoisotopic (exact) mass is 411 g/mol. The van der Waals surface area contributed by atoms with Gasteiger partial charge in [-0.2, -0.15) is 0 Å². The highest BCUT2D eigenvalue weighted by molar-refractivity contribution is 8.00. The van der Waals surface area contributed by atoms with Crippen molar-refractivity contribution < 1.29 is 9.21 Å². The minimum absolute atomic E-state index is 0.137. The molecule has 0 saturated carbocycles. The second kappa shape index (κ2) is 7.99. The Kier molecular flexibility index (Phi) is 5.27. The number of aryl methyl sites for hydroxylation is 1. The first-order chi connectivity index (χ1) is 13.6. The minimum Gasteiger partial charge on any atom is -0.461 e. The van der Waals surface area contributed by atoms with Crippen molar-refractivity contribution in [2.75, 3.05) is 5.32 Å². The molecule has 0 unspecified atom stereocenters. The van der Waals surface area contributed by atoms with Gasteiger partial charge in [-0.05, 0) is 38.1 Å². The molecule has 142 valence electrons. The summed E-state index contributed by atoms with van der Waals surface area (Å²) in [6.07, 6.45) is 1.60. The number of hydrogen-bond acceptors (Lipinski definition) is 7. The zero-order chi connectivity index (χ0) is 19.5. The van der Waals surface area contributed by atoms with Gasteiger partial charge >= 0.3 is 0 Å². The number of benzene rings is 1. The molecule has 9 heteroatoms. The van der Waals surface area contributed by atoms with Gasteiger partial charge in [0, 0.05) is 11.1 Å². The second-order valence-corrected chi connectivity index (χ2v) is 8.16. The molecule has 0 bridgehead atoms. The summed E-state index contributed by atoms with van der Waals surface area (Å²) >= 11 is 2.74. The number of thioether (sulfide) groups is 1. The molecule has 7 nitrogen and oxygen atoms in total. The maximum absolute atomic E-state index is 12.6. The van der Waals surface area contributed by atoms with Crippen LogP contribution >= 0.6 is 23.1 Å². The zero-order valence-electron chi connectivity index (χ0n) is 15.2. The van der Waals surface area contributed by atoms with E-state index in [1.807, 2.05) is 60.2 Å². The van der Waals surface area contributed by atoms with E-state index in [2.05, 4.69) is 20.5 Å². The van der Waals surface area contributed by atoms with Gasteiger partial charge in [0.05, 0.1) is 17.2 Å². The van der Waals surface area contributed by atoms with Gasteiger partial charge in [0.1, 0.15) is 0 Å². The van der Waals surface area contributed by atoms with Gasteiger partial charge in [0.15, 0.2) is 16.0 Å². The first-order valence-corrected chi connectivity index (χ1v) is 10.3. The Balaban J connectivity index is 1.61. The van der Waals surface area contributed by atoms with Gasteiger partial charge in [0.25, 0.3) is 0 Å². The molecule has 0 aliphatic rings. The molecule has 3 heterocycles. The highest BCUT2D eigenvalue weighted by Gasteiger charge is 2.23. The normalized spacial score (nSPS) is 12.1. The fourth-order valence-electron chi connectivity index (χ4n) is 2.55. The smallest absolute Gasteiger partial charge is 0.239 e. The number of anilines is 1. The van der Waals surface area contributed by atoms with E-state index >= 15 is 0 Å². The topological polar surface area (TPSA) is 85.8 Å². The number of rotatable bonds is 6. The minimum atomic E-state index is -0.389. The Morgan fingerprint density at radius 1 is 1.21 bits per heavy atom. The average molecular weight is 412 g/mol. The molecule has 1 amide bonds. The molecule has 0 aliphatic heterocycles. The predicted molar refractivity (Wildman–Crippen MR) is 110 cm³/mol. The van der Waals surface area contributed by atoms with Crippen LogP contribution in [0, 0.1) is 6.92 Å². The quantitative estimate of drug-likeness (QED) is 0.473. The molecule has 0 radical (unpaired) electrons. The lowest BCUT2D eigenvalue weighted by atomic mass is 10.3. The highest BCUT2D eigenvalue weighted by Crippen LogP contribution is 2.30. The molecule has 0 spiro atoms. The molecular formula is C19H17N5O2S2. The van der Waals surface area contributed by atoms with E-state index in [0.717, 1.165) is 11.4 Å². The Labute approximate surface area is 169 Å². The molecule has 1 aromatic carbocycles. The van der Waals surface area contributed by atoms with E-state index in [0.29, 0.717) is 21.9 Å². The summed E-state index contributed by atoms with van der Waals surface area (Å²) < 4.78 is 7.40. The zero-order valence-corrected chi connectivity index (χ0v) is 16.8. The number of aromatic nitrogens is 4. The lowest BCUT2D eigenvalue weighted by molar-refractivity contribution is -0.115.